The number of hydrogen-bond donors (Lipinski definition) is 2. The first-order valence-corrected chi connectivity index (χ1v) is 10.4. The van der Waals surface area contributed by atoms with Crippen molar-refractivity contribution in [2.24, 2.45) is 4.99 Å². The molecule has 3 heterocycles. The molecular weight excluding hydrogens is 390 g/mol. The van der Waals surface area contributed by atoms with Crippen LogP contribution in [0.15, 0.2) is 47.6 Å². The molecule has 154 valence electrons. The molecular formula is C21H26ClN5O2. The van der Waals surface area contributed by atoms with Gasteiger partial charge < -0.3 is 25.0 Å². The molecule has 0 saturated carbocycles. The van der Waals surface area contributed by atoms with Crippen molar-refractivity contribution >= 4 is 23.4 Å². The highest BCUT2D eigenvalue weighted by molar-refractivity contribution is 6.32. The second-order valence-electron chi connectivity index (χ2n) is 7.10. The van der Waals surface area contributed by atoms with Gasteiger partial charge in [0, 0.05) is 31.9 Å². The third-order valence-electron chi connectivity index (χ3n) is 4.93. The van der Waals surface area contributed by atoms with Crippen LogP contribution in [0, 0.1) is 0 Å². The predicted octanol–water partition coefficient (Wildman–Crippen LogP) is 2.71. The van der Waals surface area contributed by atoms with Gasteiger partial charge in [0.05, 0.1) is 11.6 Å². The molecule has 4 rings (SSSR count). The van der Waals surface area contributed by atoms with E-state index in [2.05, 4.69) is 27.4 Å². The first-order valence-electron chi connectivity index (χ1n) is 10.0. The lowest BCUT2D eigenvalue weighted by atomic mass is 10.2. The Labute approximate surface area is 176 Å². The Bertz CT molecular complexity index is 862. The third-order valence-corrected chi connectivity index (χ3v) is 5.23. The highest BCUT2D eigenvalue weighted by Gasteiger charge is 2.26. The first kappa shape index (κ1) is 19.6. The number of pyridine rings is 1. The van der Waals surface area contributed by atoms with E-state index < -0.39 is 0 Å². The summed E-state index contributed by atoms with van der Waals surface area (Å²) < 4.78 is 11.8. The van der Waals surface area contributed by atoms with Crippen molar-refractivity contribution < 1.29 is 9.47 Å². The molecule has 2 aliphatic heterocycles. The van der Waals surface area contributed by atoms with Crippen LogP contribution in [0.25, 0.3) is 0 Å². The van der Waals surface area contributed by atoms with Crippen LogP contribution in [-0.2, 0) is 0 Å². The summed E-state index contributed by atoms with van der Waals surface area (Å²) in [6, 6.07) is 11.7. The first-order chi connectivity index (χ1) is 14.2. The number of benzene rings is 1. The zero-order valence-corrected chi connectivity index (χ0v) is 17.2. The van der Waals surface area contributed by atoms with Crippen molar-refractivity contribution in [2.75, 3.05) is 37.7 Å². The predicted molar refractivity (Wildman–Crippen MR) is 115 cm³/mol. The van der Waals surface area contributed by atoms with Gasteiger partial charge in [-0.05, 0) is 37.6 Å². The van der Waals surface area contributed by atoms with Crippen LogP contribution >= 0.6 is 11.6 Å². The van der Waals surface area contributed by atoms with E-state index >= 15 is 0 Å². The lowest BCUT2D eigenvalue weighted by Crippen LogP contribution is -2.45. The smallest absolute Gasteiger partial charge is 0.191 e. The van der Waals surface area contributed by atoms with Crippen LogP contribution in [0.5, 0.6) is 11.5 Å². The summed E-state index contributed by atoms with van der Waals surface area (Å²) in [5.74, 6) is 3.19. The normalized spacial score (nSPS) is 21.2. The molecule has 7 nitrogen and oxygen atoms in total. The molecule has 2 N–H and O–H groups in total. The lowest BCUT2D eigenvalue weighted by Gasteiger charge is -2.26. The average molecular weight is 416 g/mol. The van der Waals surface area contributed by atoms with Crippen LogP contribution in [-0.4, -0.2) is 55.9 Å². The van der Waals surface area contributed by atoms with Gasteiger partial charge in [-0.3, -0.25) is 0 Å². The van der Waals surface area contributed by atoms with Crippen molar-refractivity contribution in [2.45, 2.75) is 25.5 Å². The van der Waals surface area contributed by atoms with Gasteiger partial charge in [0.1, 0.15) is 12.4 Å². The van der Waals surface area contributed by atoms with Crippen molar-refractivity contribution in [1.82, 2.24) is 15.6 Å². The number of nitrogens with zero attached hydrogens (tertiary/aromatic N) is 3. The van der Waals surface area contributed by atoms with Gasteiger partial charge in [-0.2, -0.15) is 0 Å². The average Bonchev–Trinajstić information content (AvgIpc) is 3.20. The van der Waals surface area contributed by atoms with Gasteiger partial charge in [-0.25, -0.2) is 9.98 Å². The van der Waals surface area contributed by atoms with E-state index in [-0.39, 0.29) is 12.1 Å². The lowest BCUT2D eigenvalue weighted by molar-refractivity contribution is 0.0971. The van der Waals surface area contributed by atoms with Gasteiger partial charge in [-0.15, -0.1) is 0 Å². The Morgan fingerprint density at radius 2 is 2.14 bits per heavy atom. The zero-order chi connectivity index (χ0) is 20.1. The zero-order valence-electron chi connectivity index (χ0n) is 16.5. The number of guanidine groups is 1. The van der Waals surface area contributed by atoms with E-state index in [0.717, 1.165) is 49.3 Å². The number of halogens is 1. The van der Waals surface area contributed by atoms with Crippen molar-refractivity contribution in [3.63, 3.8) is 0 Å². The number of para-hydroxylation sites is 2. The van der Waals surface area contributed by atoms with E-state index in [1.807, 2.05) is 36.4 Å². The maximum atomic E-state index is 6.29. The summed E-state index contributed by atoms with van der Waals surface area (Å²) in [6.45, 7) is 5.60. The fraction of sp³-hybridized carbons (Fsp3) is 0.429. The molecule has 29 heavy (non-hydrogen) atoms. The summed E-state index contributed by atoms with van der Waals surface area (Å²) in [5, 5.41) is 7.53. The summed E-state index contributed by atoms with van der Waals surface area (Å²) >= 11 is 6.29. The quantitative estimate of drug-likeness (QED) is 0.578. The Balaban J connectivity index is 1.34. The number of ether oxygens (including phenoxy) is 2. The molecule has 0 amide bonds. The molecule has 1 fully saturated rings. The number of aromatic nitrogens is 1. The largest absolute Gasteiger partial charge is 0.486 e. The Morgan fingerprint density at radius 3 is 2.97 bits per heavy atom. The summed E-state index contributed by atoms with van der Waals surface area (Å²) in [7, 11) is 0. The molecule has 0 bridgehead atoms. The SMILES string of the molecule is CCNC(=NCC1COc2ccccc2O1)NC1CCN(c2ncccc2Cl)C1. The molecule has 8 heteroatoms. The molecule has 2 aromatic rings. The Kier molecular flexibility index (Phi) is 6.24. The third kappa shape index (κ3) is 4.85. The van der Waals surface area contributed by atoms with Crippen LogP contribution in [0.1, 0.15) is 13.3 Å². The molecule has 1 aromatic heterocycles. The van der Waals surface area contributed by atoms with Gasteiger partial charge in [0.25, 0.3) is 0 Å². The van der Waals surface area contributed by atoms with Gasteiger partial charge >= 0.3 is 0 Å². The summed E-state index contributed by atoms with van der Waals surface area (Å²) in [6.07, 6.45) is 2.67. The Hall–Kier alpha value is -2.67. The van der Waals surface area contributed by atoms with E-state index in [0.29, 0.717) is 18.2 Å². The van der Waals surface area contributed by atoms with Crippen molar-refractivity contribution in [3.05, 3.63) is 47.6 Å². The topological polar surface area (TPSA) is 71.0 Å². The Morgan fingerprint density at radius 1 is 1.28 bits per heavy atom. The fourth-order valence-electron chi connectivity index (χ4n) is 3.54. The number of hydrogen-bond acceptors (Lipinski definition) is 5. The number of anilines is 1. The van der Waals surface area contributed by atoms with Crippen LogP contribution in [0.2, 0.25) is 5.02 Å². The van der Waals surface area contributed by atoms with Crippen LogP contribution < -0.4 is 25.0 Å². The van der Waals surface area contributed by atoms with Crippen LogP contribution in [0.3, 0.4) is 0 Å². The summed E-state index contributed by atoms with van der Waals surface area (Å²) in [4.78, 5) is 11.3. The van der Waals surface area contributed by atoms with Crippen LogP contribution in [0.4, 0.5) is 5.82 Å². The minimum Gasteiger partial charge on any atom is -0.486 e. The standard InChI is InChI=1S/C21H26ClN5O2/c1-2-23-21(25-12-16-14-28-18-7-3-4-8-19(18)29-16)26-15-9-11-27(13-15)20-17(22)6-5-10-24-20/h3-8,10,15-16H,2,9,11-14H2,1H3,(H2,23,25,26). The second-order valence-corrected chi connectivity index (χ2v) is 7.51. The fourth-order valence-corrected chi connectivity index (χ4v) is 3.78. The highest BCUT2D eigenvalue weighted by atomic mass is 35.5. The molecule has 1 saturated heterocycles. The molecule has 0 spiro atoms. The monoisotopic (exact) mass is 415 g/mol. The molecule has 0 aliphatic carbocycles. The summed E-state index contributed by atoms with van der Waals surface area (Å²) in [5.41, 5.74) is 0. The van der Waals surface area contributed by atoms with Crippen molar-refractivity contribution in [1.29, 1.82) is 0 Å². The number of aliphatic imine (C=N–C) groups is 1. The van der Waals surface area contributed by atoms with E-state index in [9.17, 15) is 0 Å². The number of rotatable bonds is 5. The minimum absolute atomic E-state index is 0.104. The second kappa shape index (κ2) is 9.22. The highest BCUT2D eigenvalue weighted by Crippen LogP contribution is 2.31. The van der Waals surface area contributed by atoms with Crippen molar-refractivity contribution in [3.8, 4) is 11.5 Å². The maximum absolute atomic E-state index is 6.29. The molecule has 1 aromatic carbocycles. The van der Waals surface area contributed by atoms with E-state index in [1.54, 1.807) is 6.20 Å². The number of nitrogens with one attached hydrogen (secondary N) is 2. The van der Waals surface area contributed by atoms with E-state index in [1.165, 1.54) is 0 Å². The number of fused-ring (bicyclic) bond motifs is 1. The van der Waals surface area contributed by atoms with Gasteiger partial charge in [0.15, 0.2) is 23.6 Å². The van der Waals surface area contributed by atoms with Gasteiger partial charge in [-0.1, -0.05) is 23.7 Å². The molecule has 2 atom stereocenters. The molecule has 2 unspecified atom stereocenters. The van der Waals surface area contributed by atoms with Gasteiger partial charge in [0.2, 0.25) is 0 Å². The maximum Gasteiger partial charge on any atom is 0.191 e. The molecule has 0 radical (unpaired) electrons. The molecule has 2 aliphatic rings. The minimum atomic E-state index is -0.104. The van der Waals surface area contributed by atoms with E-state index in [4.69, 9.17) is 26.1 Å².